The maximum atomic E-state index is 11.6. The lowest BCUT2D eigenvalue weighted by molar-refractivity contribution is -0.141. The van der Waals surface area contributed by atoms with Gasteiger partial charge in [-0.05, 0) is 37.8 Å². The number of carbonyl (C=O) groups excluding carboxylic acids is 1. The summed E-state index contributed by atoms with van der Waals surface area (Å²) >= 11 is 5.93. The van der Waals surface area contributed by atoms with Crippen LogP contribution >= 0.6 is 11.6 Å². The minimum atomic E-state index is -0.398. The molecule has 6 heteroatoms. The average Bonchev–Trinajstić information content (AvgIpc) is 2.82. The second kappa shape index (κ2) is 5.10. The van der Waals surface area contributed by atoms with Gasteiger partial charge in [0.05, 0.1) is 12.8 Å². The molecule has 2 rings (SSSR count). The van der Waals surface area contributed by atoms with Crippen molar-refractivity contribution in [2.75, 3.05) is 19.1 Å². The molecule has 5 nitrogen and oxygen atoms in total. The second-order valence-electron chi connectivity index (χ2n) is 4.41. The Labute approximate surface area is 111 Å². The van der Waals surface area contributed by atoms with Gasteiger partial charge in [-0.15, -0.1) is 0 Å². The van der Waals surface area contributed by atoms with Crippen LogP contribution in [0.5, 0.6) is 0 Å². The van der Waals surface area contributed by atoms with Crippen molar-refractivity contribution in [3.05, 3.63) is 16.5 Å². The quantitative estimate of drug-likeness (QED) is 0.616. The van der Waals surface area contributed by atoms with Gasteiger partial charge in [0, 0.05) is 12.6 Å². The SMILES string of the molecule is COC(=O)[C@@H](C)N(C)c1nc(Cl)nc2c1CCC2. The van der Waals surface area contributed by atoms with Gasteiger partial charge < -0.3 is 9.64 Å². The minimum Gasteiger partial charge on any atom is -0.467 e. The standard InChI is InChI=1S/C12H16ClN3O2/c1-7(11(17)18-3)16(2)10-8-5-4-6-9(8)14-12(13)15-10/h7H,4-6H2,1-3H3/t7-/m1/s1. The van der Waals surface area contributed by atoms with Crippen molar-refractivity contribution >= 4 is 23.4 Å². The van der Waals surface area contributed by atoms with E-state index in [1.807, 2.05) is 7.05 Å². The van der Waals surface area contributed by atoms with E-state index in [2.05, 4.69) is 9.97 Å². The number of halogens is 1. The molecule has 0 spiro atoms. The first-order chi connectivity index (χ1) is 8.54. The molecule has 1 aliphatic carbocycles. The van der Waals surface area contributed by atoms with Gasteiger partial charge in [0.15, 0.2) is 0 Å². The van der Waals surface area contributed by atoms with Gasteiger partial charge in [-0.3, -0.25) is 0 Å². The van der Waals surface area contributed by atoms with Crippen molar-refractivity contribution in [3.8, 4) is 0 Å². The number of hydrogen-bond acceptors (Lipinski definition) is 5. The first kappa shape index (κ1) is 13.1. The molecular formula is C12H16ClN3O2. The number of aromatic nitrogens is 2. The number of hydrogen-bond donors (Lipinski definition) is 0. The van der Waals surface area contributed by atoms with Gasteiger partial charge in [0.1, 0.15) is 11.9 Å². The first-order valence-corrected chi connectivity index (χ1v) is 6.28. The van der Waals surface area contributed by atoms with Crippen LogP contribution in [0.2, 0.25) is 5.28 Å². The molecule has 0 amide bonds. The number of fused-ring (bicyclic) bond motifs is 1. The van der Waals surface area contributed by atoms with Gasteiger partial charge in [-0.1, -0.05) is 0 Å². The topological polar surface area (TPSA) is 55.3 Å². The monoisotopic (exact) mass is 269 g/mol. The summed E-state index contributed by atoms with van der Waals surface area (Å²) in [6.45, 7) is 1.78. The highest BCUT2D eigenvalue weighted by molar-refractivity contribution is 6.28. The lowest BCUT2D eigenvalue weighted by Crippen LogP contribution is -2.38. The Bertz CT molecular complexity index is 479. The molecule has 1 atom stereocenters. The fourth-order valence-corrected chi connectivity index (χ4v) is 2.37. The summed E-state index contributed by atoms with van der Waals surface area (Å²) in [5.74, 6) is 0.444. The predicted octanol–water partition coefficient (Wildman–Crippen LogP) is 1.62. The normalized spacial score (nSPS) is 15.1. The summed E-state index contributed by atoms with van der Waals surface area (Å²) < 4.78 is 4.75. The smallest absolute Gasteiger partial charge is 0.328 e. The number of carbonyl (C=O) groups is 1. The molecule has 1 aliphatic rings. The summed E-state index contributed by atoms with van der Waals surface area (Å²) in [4.78, 5) is 21.9. The zero-order chi connectivity index (χ0) is 13.3. The van der Waals surface area contributed by atoms with E-state index < -0.39 is 6.04 Å². The number of methoxy groups -OCH3 is 1. The lowest BCUT2D eigenvalue weighted by Gasteiger charge is -2.25. The van der Waals surface area contributed by atoms with Crippen molar-refractivity contribution in [1.29, 1.82) is 0 Å². The van der Waals surface area contributed by atoms with E-state index >= 15 is 0 Å². The zero-order valence-corrected chi connectivity index (χ0v) is 11.5. The van der Waals surface area contributed by atoms with Crippen molar-refractivity contribution in [2.24, 2.45) is 0 Å². The third-order valence-electron chi connectivity index (χ3n) is 3.34. The van der Waals surface area contributed by atoms with Crippen LogP contribution in [-0.4, -0.2) is 36.1 Å². The van der Waals surface area contributed by atoms with E-state index in [9.17, 15) is 4.79 Å². The van der Waals surface area contributed by atoms with Crippen molar-refractivity contribution in [2.45, 2.75) is 32.2 Å². The average molecular weight is 270 g/mol. The Hall–Kier alpha value is -1.36. The van der Waals surface area contributed by atoms with Gasteiger partial charge >= 0.3 is 5.97 Å². The molecule has 1 heterocycles. The van der Waals surface area contributed by atoms with Crippen LogP contribution in [-0.2, 0) is 22.4 Å². The molecule has 0 aliphatic heterocycles. The number of ether oxygens (including phenoxy) is 1. The Kier molecular flexibility index (Phi) is 3.71. The van der Waals surface area contributed by atoms with Crippen LogP contribution in [0.25, 0.3) is 0 Å². The fraction of sp³-hybridized carbons (Fsp3) is 0.583. The van der Waals surface area contributed by atoms with Crippen LogP contribution in [0, 0.1) is 0 Å². The summed E-state index contributed by atoms with van der Waals surface area (Å²) in [5, 5.41) is 0.231. The van der Waals surface area contributed by atoms with E-state index in [1.165, 1.54) is 7.11 Å². The van der Waals surface area contributed by atoms with Crippen molar-refractivity contribution < 1.29 is 9.53 Å². The highest BCUT2D eigenvalue weighted by Gasteiger charge is 2.26. The second-order valence-corrected chi connectivity index (χ2v) is 4.74. The summed E-state index contributed by atoms with van der Waals surface area (Å²) in [5.41, 5.74) is 2.09. The summed E-state index contributed by atoms with van der Waals surface area (Å²) in [7, 11) is 3.20. The third-order valence-corrected chi connectivity index (χ3v) is 3.51. The Balaban J connectivity index is 2.36. The Morgan fingerprint density at radius 3 is 2.83 bits per heavy atom. The fourth-order valence-electron chi connectivity index (χ4n) is 2.19. The zero-order valence-electron chi connectivity index (χ0n) is 10.7. The van der Waals surface area contributed by atoms with Crippen LogP contribution in [0.15, 0.2) is 0 Å². The van der Waals surface area contributed by atoms with Gasteiger partial charge in [-0.2, -0.15) is 0 Å². The Morgan fingerprint density at radius 2 is 2.17 bits per heavy atom. The van der Waals surface area contributed by atoms with Gasteiger partial charge in [0.2, 0.25) is 5.28 Å². The molecule has 0 fully saturated rings. The van der Waals surface area contributed by atoms with Gasteiger partial charge in [0.25, 0.3) is 0 Å². The minimum absolute atomic E-state index is 0.231. The van der Waals surface area contributed by atoms with Gasteiger partial charge in [-0.25, -0.2) is 14.8 Å². The lowest BCUT2D eigenvalue weighted by atomic mass is 10.2. The molecule has 0 bridgehead atoms. The molecule has 18 heavy (non-hydrogen) atoms. The van der Waals surface area contributed by atoms with Crippen LogP contribution < -0.4 is 4.90 Å². The number of aryl methyl sites for hydroxylation is 1. The van der Waals surface area contributed by atoms with Crippen molar-refractivity contribution in [3.63, 3.8) is 0 Å². The van der Waals surface area contributed by atoms with E-state index in [0.29, 0.717) is 0 Å². The van der Waals surface area contributed by atoms with E-state index in [1.54, 1.807) is 11.8 Å². The summed E-state index contributed by atoms with van der Waals surface area (Å²) in [6.07, 6.45) is 2.91. The molecular weight excluding hydrogens is 254 g/mol. The number of nitrogens with zero attached hydrogens (tertiary/aromatic N) is 3. The van der Waals surface area contributed by atoms with Crippen LogP contribution in [0.1, 0.15) is 24.6 Å². The van der Waals surface area contributed by atoms with Crippen LogP contribution in [0.4, 0.5) is 5.82 Å². The number of esters is 1. The molecule has 1 aromatic rings. The molecule has 98 valence electrons. The molecule has 0 saturated heterocycles. The van der Waals surface area contributed by atoms with E-state index in [-0.39, 0.29) is 11.3 Å². The molecule has 0 N–H and O–H groups in total. The maximum Gasteiger partial charge on any atom is 0.328 e. The highest BCUT2D eigenvalue weighted by Crippen LogP contribution is 2.30. The van der Waals surface area contributed by atoms with Crippen molar-refractivity contribution in [1.82, 2.24) is 9.97 Å². The molecule has 0 aromatic carbocycles. The largest absolute Gasteiger partial charge is 0.467 e. The number of rotatable bonds is 3. The number of likely N-dealkylation sites (N-methyl/N-ethyl adjacent to an activating group) is 1. The first-order valence-electron chi connectivity index (χ1n) is 5.90. The molecule has 0 radical (unpaired) electrons. The number of anilines is 1. The van der Waals surface area contributed by atoms with E-state index in [4.69, 9.17) is 16.3 Å². The predicted molar refractivity (Wildman–Crippen MR) is 68.9 cm³/mol. The summed E-state index contributed by atoms with van der Waals surface area (Å²) in [6, 6.07) is -0.398. The molecule has 0 unspecified atom stereocenters. The Morgan fingerprint density at radius 1 is 1.44 bits per heavy atom. The highest BCUT2D eigenvalue weighted by atomic mass is 35.5. The molecule has 1 aromatic heterocycles. The van der Waals surface area contributed by atoms with E-state index in [0.717, 1.165) is 36.3 Å². The maximum absolute atomic E-state index is 11.6. The molecule has 0 saturated carbocycles. The third kappa shape index (κ3) is 2.27. The van der Waals surface area contributed by atoms with Crippen LogP contribution in [0.3, 0.4) is 0 Å².